The molecular formula is C22H24N4O3. The molecule has 0 saturated heterocycles. The zero-order valence-electron chi connectivity index (χ0n) is 17.1. The number of carbonyl (C=O) groups is 1. The highest BCUT2D eigenvalue weighted by Crippen LogP contribution is 2.31. The van der Waals surface area contributed by atoms with Crippen molar-refractivity contribution in [2.24, 2.45) is 14.1 Å². The normalized spacial score (nSPS) is 13.8. The Morgan fingerprint density at radius 1 is 1.07 bits per heavy atom. The lowest BCUT2D eigenvalue weighted by Crippen LogP contribution is -2.38. The molecular weight excluding hydrogens is 368 g/mol. The van der Waals surface area contributed by atoms with Crippen LogP contribution in [0, 0.1) is 0 Å². The monoisotopic (exact) mass is 392 g/mol. The molecule has 2 aromatic heterocycles. The third-order valence-corrected chi connectivity index (χ3v) is 5.65. The second-order valence-electron chi connectivity index (χ2n) is 7.88. The third-order valence-electron chi connectivity index (χ3n) is 5.65. The van der Waals surface area contributed by atoms with Gasteiger partial charge in [0.15, 0.2) is 0 Å². The van der Waals surface area contributed by atoms with E-state index in [4.69, 9.17) is 0 Å². The molecule has 4 rings (SSSR count). The minimum atomic E-state index is -0.468. The van der Waals surface area contributed by atoms with Crippen molar-refractivity contribution in [1.29, 1.82) is 0 Å². The highest BCUT2D eigenvalue weighted by atomic mass is 16.2. The molecule has 3 aromatic rings. The molecule has 29 heavy (non-hydrogen) atoms. The lowest BCUT2D eigenvalue weighted by atomic mass is 9.94. The van der Waals surface area contributed by atoms with Gasteiger partial charge in [-0.2, -0.15) is 0 Å². The molecule has 0 saturated carbocycles. The number of rotatable bonds is 2. The number of anilines is 1. The third kappa shape index (κ3) is 3.06. The van der Waals surface area contributed by atoms with E-state index in [-0.39, 0.29) is 17.2 Å². The molecule has 0 N–H and O–H groups in total. The molecule has 1 amide bonds. The summed E-state index contributed by atoms with van der Waals surface area (Å²) in [5, 5.41) is 0.312. The molecule has 0 fully saturated rings. The molecule has 7 nitrogen and oxygen atoms in total. The predicted molar refractivity (Wildman–Crippen MR) is 113 cm³/mol. The fourth-order valence-electron chi connectivity index (χ4n) is 3.90. The van der Waals surface area contributed by atoms with E-state index in [1.807, 2.05) is 6.07 Å². The first-order chi connectivity index (χ1) is 13.8. The van der Waals surface area contributed by atoms with Gasteiger partial charge in [-0.15, -0.1) is 0 Å². The molecule has 1 aliphatic heterocycles. The van der Waals surface area contributed by atoms with E-state index >= 15 is 0 Å². The fraction of sp³-hybridized carbons (Fsp3) is 0.364. The number of hydrogen-bond acceptors (Lipinski definition) is 4. The molecule has 0 atom stereocenters. The van der Waals surface area contributed by atoms with Gasteiger partial charge < -0.3 is 4.90 Å². The molecule has 1 aliphatic rings. The van der Waals surface area contributed by atoms with Crippen molar-refractivity contribution in [2.75, 3.05) is 11.4 Å². The van der Waals surface area contributed by atoms with Gasteiger partial charge in [-0.25, -0.2) is 9.78 Å². The Kier molecular flexibility index (Phi) is 4.61. The largest absolute Gasteiger partial charge is 0.332 e. The summed E-state index contributed by atoms with van der Waals surface area (Å²) in [6, 6.07) is 9.39. The first-order valence-electron chi connectivity index (χ1n) is 9.81. The number of aryl methyl sites for hydroxylation is 2. The maximum atomic E-state index is 13.3. The number of carbonyl (C=O) groups excluding carboxylic acids is 1. The maximum absolute atomic E-state index is 13.3. The van der Waals surface area contributed by atoms with Gasteiger partial charge in [0.2, 0.25) is 0 Å². The van der Waals surface area contributed by atoms with Crippen LogP contribution in [0.25, 0.3) is 11.0 Å². The summed E-state index contributed by atoms with van der Waals surface area (Å²) >= 11 is 0. The molecule has 3 heterocycles. The summed E-state index contributed by atoms with van der Waals surface area (Å²) in [4.78, 5) is 44.0. The zero-order chi connectivity index (χ0) is 20.9. The van der Waals surface area contributed by atoms with E-state index in [1.54, 1.807) is 24.1 Å². The zero-order valence-corrected chi connectivity index (χ0v) is 17.1. The van der Waals surface area contributed by atoms with Gasteiger partial charge >= 0.3 is 5.69 Å². The van der Waals surface area contributed by atoms with Crippen LogP contribution in [0.4, 0.5) is 5.69 Å². The lowest BCUT2D eigenvalue weighted by molar-refractivity contribution is 0.0980. The predicted octanol–water partition coefficient (Wildman–Crippen LogP) is 2.35. The molecule has 1 aromatic carbocycles. The number of pyridine rings is 1. The van der Waals surface area contributed by atoms with Crippen LogP contribution in [0.15, 0.2) is 39.9 Å². The summed E-state index contributed by atoms with van der Waals surface area (Å²) in [7, 11) is 2.98. The van der Waals surface area contributed by atoms with Crippen LogP contribution in [0.5, 0.6) is 0 Å². The number of aromatic nitrogens is 3. The van der Waals surface area contributed by atoms with Crippen LogP contribution in [-0.2, 0) is 20.5 Å². The van der Waals surface area contributed by atoms with Crippen LogP contribution in [0.3, 0.4) is 0 Å². The van der Waals surface area contributed by atoms with E-state index in [2.05, 4.69) is 31.0 Å². The molecule has 150 valence electrons. The van der Waals surface area contributed by atoms with Crippen molar-refractivity contribution < 1.29 is 4.79 Å². The van der Waals surface area contributed by atoms with E-state index in [1.165, 1.54) is 17.2 Å². The van der Waals surface area contributed by atoms with Gasteiger partial charge in [0.1, 0.15) is 11.3 Å². The van der Waals surface area contributed by atoms with Gasteiger partial charge in [0, 0.05) is 26.3 Å². The number of hydrogen-bond donors (Lipinski definition) is 0. The van der Waals surface area contributed by atoms with Crippen molar-refractivity contribution >= 4 is 22.6 Å². The minimum Gasteiger partial charge on any atom is -0.307 e. The Bertz CT molecular complexity index is 1250. The summed E-state index contributed by atoms with van der Waals surface area (Å²) < 4.78 is 2.34. The fourth-order valence-corrected chi connectivity index (χ4v) is 3.90. The first-order valence-corrected chi connectivity index (χ1v) is 9.81. The van der Waals surface area contributed by atoms with Crippen LogP contribution in [0.2, 0.25) is 0 Å². The van der Waals surface area contributed by atoms with E-state index in [0.29, 0.717) is 17.8 Å². The Balaban J connectivity index is 1.79. The average Bonchev–Trinajstić information content (AvgIpc) is 2.74. The van der Waals surface area contributed by atoms with E-state index in [9.17, 15) is 14.4 Å². The van der Waals surface area contributed by atoms with Crippen molar-refractivity contribution in [3.05, 3.63) is 68.0 Å². The van der Waals surface area contributed by atoms with Crippen LogP contribution < -0.4 is 16.1 Å². The quantitative estimate of drug-likeness (QED) is 0.671. The number of nitrogens with zero attached hydrogens (tertiary/aromatic N) is 4. The van der Waals surface area contributed by atoms with Crippen molar-refractivity contribution in [2.45, 2.75) is 32.6 Å². The summed E-state index contributed by atoms with van der Waals surface area (Å²) in [5.74, 6) is 0.204. The molecule has 0 aliphatic carbocycles. The molecule has 0 spiro atoms. The Hall–Kier alpha value is -3.22. The maximum Gasteiger partial charge on any atom is 0.332 e. The summed E-state index contributed by atoms with van der Waals surface area (Å²) in [6.07, 6.45) is 1.82. The minimum absolute atomic E-state index is 0.219. The number of amides is 1. The lowest BCUT2D eigenvalue weighted by Gasteiger charge is -2.30. The van der Waals surface area contributed by atoms with Crippen LogP contribution in [0.1, 0.15) is 47.8 Å². The van der Waals surface area contributed by atoms with Crippen molar-refractivity contribution in [1.82, 2.24) is 14.1 Å². The van der Waals surface area contributed by atoms with Crippen LogP contribution >= 0.6 is 0 Å². The Morgan fingerprint density at radius 3 is 2.55 bits per heavy atom. The van der Waals surface area contributed by atoms with Gasteiger partial charge in [-0.05, 0) is 48.1 Å². The van der Waals surface area contributed by atoms with E-state index in [0.717, 1.165) is 28.7 Å². The summed E-state index contributed by atoms with van der Waals surface area (Å²) in [6.45, 7) is 4.92. The Morgan fingerprint density at radius 2 is 1.83 bits per heavy atom. The van der Waals surface area contributed by atoms with E-state index < -0.39 is 11.2 Å². The van der Waals surface area contributed by atoms with Gasteiger partial charge in [-0.3, -0.25) is 18.7 Å². The Labute approximate surface area is 168 Å². The molecule has 0 bridgehead atoms. The molecule has 0 unspecified atom stereocenters. The summed E-state index contributed by atoms with van der Waals surface area (Å²) in [5.41, 5.74) is 2.89. The van der Waals surface area contributed by atoms with Crippen molar-refractivity contribution in [3.63, 3.8) is 0 Å². The molecule has 7 heteroatoms. The standard InChI is InChI=1S/C22H24N4O3/c1-13(2)14-7-10-18-15(12-14)6-5-11-26(18)21(28)17-9-8-16-19(23-17)24(3)22(29)25(4)20(16)27/h7-10,12-13H,5-6,11H2,1-4H3. The highest BCUT2D eigenvalue weighted by molar-refractivity contribution is 6.06. The van der Waals surface area contributed by atoms with Gasteiger partial charge in [0.05, 0.1) is 5.39 Å². The SMILES string of the molecule is CC(C)c1ccc2c(c1)CCCN2C(=O)c1ccc2c(=O)n(C)c(=O)n(C)c2n1. The first kappa shape index (κ1) is 19.1. The van der Waals surface area contributed by atoms with Crippen molar-refractivity contribution in [3.8, 4) is 0 Å². The smallest absolute Gasteiger partial charge is 0.307 e. The second kappa shape index (κ2) is 6.99. The molecule has 0 radical (unpaired) electrons. The highest BCUT2D eigenvalue weighted by Gasteiger charge is 2.25. The van der Waals surface area contributed by atoms with Gasteiger partial charge in [-0.1, -0.05) is 26.0 Å². The second-order valence-corrected chi connectivity index (χ2v) is 7.88. The average molecular weight is 392 g/mol. The topological polar surface area (TPSA) is 77.2 Å². The number of benzene rings is 1. The van der Waals surface area contributed by atoms with Gasteiger partial charge in [0.25, 0.3) is 11.5 Å². The number of fused-ring (bicyclic) bond motifs is 2. The van der Waals surface area contributed by atoms with Crippen LogP contribution in [-0.4, -0.2) is 26.6 Å².